The Labute approximate surface area is 272 Å². The lowest BCUT2D eigenvalue weighted by atomic mass is 9.69. The second-order valence-electron chi connectivity index (χ2n) is 13.0. The van der Waals surface area contributed by atoms with Gasteiger partial charge in [0.2, 0.25) is 0 Å². The van der Waals surface area contributed by atoms with Crippen LogP contribution in [0.2, 0.25) is 0 Å². The number of carbonyl (C=O) groups is 1. The van der Waals surface area contributed by atoms with Crippen LogP contribution in [-0.2, 0) is 17.9 Å². The van der Waals surface area contributed by atoms with Crippen LogP contribution in [0.15, 0.2) is 121 Å². The molecular formula is C40H44N2O4. The Hall–Kier alpha value is -4.39. The smallest absolute Gasteiger partial charge is 0.303 e. The zero-order valence-electron chi connectivity index (χ0n) is 26.5. The van der Waals surface area contributed by atoms with Crippen LogP contribution < -0.4 is 0 Å². The first kappa shape index (κ1) is 31.6. The largest absolute Gasteiger partial charge is 0.508 e. The quantitative estimate of drug-likeness (QED) is 0.154. The van der Waals surface area contributed by atoms with Gasteiger partial charge in [0.05, 0.1) is 6.42 Å². The van der Waals surface area contributed by atoms with E-state index in [-0.39, 0.29) is 47.5 Å². The molecule has 2 fully saturated rings. The Balaban J connectivity index is 1.38. The van der Waals surface area contributed by atoms with Gasteiger partial charge in [0.25, 0.3) is 0 Å². The van der Waals surface area contributed by atoms with E-state index in [4.69, 9.17) is 0 Å². The van der Waals surface area contributed by atoms with Gasteiger partial charge in [0.1, 0.15) is 11.5 Å². The zero-order chi connectivity index (χ0) is 32.0. The van der Waals surface area contributed by atoms with Crippen molar-refractivity contribution in [1.29, 1.82) is 0 Å². The minimum atomic E-state index is -0.819. The van der Waals surface area contributed by atoms with E-state index in [9.17, 15) is 20.1 Å². The maximum absolute atomic E-state index is 12.7. The van der Waals surface area contributed by atoms with Crippen molar-refractivity contribution in [2.75, 3.05) is 26.2 Å². The monoisotopic (exact) mass is 616 g/mol. The van der Waals surface area contributed by atoms with E-state index in [1.807, 2.05) is 55.5 Å². The Morgan fingerprint density at radius 3 is 1.70 bits per heavy atom. The Bertz CT molecular complexity index is 1640. The number of carboxylic acid groups (broad SMARTS) is 1. The van der Waals surface area contributed by atoms with Crippen LogP contribution in [-0.4, -0.2) is 57.3 Å². The molecule has 2 aliphatic rings. The predicted molar refractivity (Wildman–Crippen MR) is 182 cm³/mol. The van der Waals surface area contributed by atoms with Gasteiger partial charge in [-0.25, -0.2) is 0 Å². The lowest BCUT2D eigenvalue weighted by Crippen LogP contribution is -2.31. The predicted octanol–water partition coefficient (Wildman–Crippen LogP) is 7.27. The van der Waals surface area contributed by atoms with Crippen LogP contribution in [0, 0.1) is 17.8 Å². The first-order valence-corrected chi connectivity index (χ1v) is 16.4. The standard InChI is InChI=1S/C40H44N2O4/c1-2-30(34-24-41(22-28-13-5-3-6-14-28)25-35(34)31-17-9-11-19-38(31)43)33(21-40(45)46)37-27-42(23-29-15-7-4-8-16-29)26-36(37)32-18-10-12-20-39(32)44/h2-20,33-37,43-44H,21-27H2,1H3,(H,45,46). The minimum Gasteiger partial charge on any atom is -0.508 e. The average Bonchev–Trinajstić information content (AvgIpc) is 3.66. The highest BCUT2D eigenvalue weighted by atomic mass is 16.4. The van der Waals surface area contributed by atoms with Gasteiger partial charge in [-0.3, -0.25) is 14.6 Å². The van der Waals surface area contributed by atoms with Gasteiger partial charge in [-0.1, -0.05) is 109 Å². The first-order valence-electron chi connectivity index (χ1n) is 16.4. The molecule has 0 saturated carbocycles. The number of allylic oxidation sites excluding steroid dienone is 1. The molecule has 2 saturated heterocycles. The van der Waals surface area contributed by atoms with E-state index < -0.39 is 5.97 Å². The number of phenolic OH excluding ortho intramolecular Hbond substituents is 2. The summed E-state index contributed by atoms with van der Waals surface area (Å²) in [4.78, 5) is 17.5. The molecule has 6 rings (SSSR count). The minimum absolute atomic E-state index is 0.0102. The van der Waals surface area contributed by atoms with Crippen molar-refractivity contribution in [1.82, 2.24) is 9.80 Å². The highest BCUT2D eigenvalue weighted by Crippen LogP contribution is 2.50. The average molecular weight is 617 g/mol. The van der Waals surface area contributed by atoms with Gasteiger partial charge in [-0.2, -0.15) is 0 Å². The summed E-state index contributed by atoms with van der Waals surface area (Å²) < 4.78 is 0. The molecule has 2 aliphatic heterocycles. The molecule has 0 bridgehead atoms. The highest BCUT2D eigenvalue weighted by Gasteiger charge is 2.46. The number of aliphatic carboxylic acids is 1. The number of rotatable bonds is 11. The van der Waals surface area contributed by atoms with Gasteiger partial charge in [0, 0.05) is 57.0 Å². The fourth-order valence-corrected chi connectivity index (χ4v) is 8.14. The topological polar surface area (TPSA) is 84.2 Å². The molecule has 0 aromatic heterocycles. The molecule has 46 heavy (non-hydrogen) atoms. The van der Waals surface area contributed by atoms with Crippen molar-refractivity contribution in [2.45, 2.75) is 38.3 Å². The molecule has 2 heterocycles. The number of carboxylic acids is 1. The summed E-state index contributed by atoms with van der Waals surface area (Å²) in [5.74, 6) is -0.536. The van der Waals surface area contributed by atoms with E-state index in [0.29, 0.717) is 0 Å². The lowest BCUT2D eigenvalue weighted by Gasteiger charge is -2.34. The van der Waals surface area contributed by atoms with Gasteiger partial charge in [-0.15, -0.1) is 0 Å². The van der Waals surface area contributed by atoms with E-state index in [1.54, 1.807) is 12.1 Å². The Morgan fingerprint density at radius 2 is 1.17 bits per heavy atom. The third-order valence-electron chi connectivity index (χ3n) is 10.1. The molecule has 0 radical (unpaired) electrons. The fourth-order valence-electron chi connectivity index (χ4n) is 8.14. The van der Waals surface area contributed by atoms with Crippen molar-refractivity contribution in [3.63, 3.8) is 0 Å². The Morgan fingerprint density at radius 1 is 0.696 bits per heavy atom. The van der Waals surface area contributed by atoms with Crippen LogP contribution in [0.3, 0.4) is 0 Å². The number of phenols is 2. The van der Waals surface area contributed by atoms with E-state index >= 15 is 0 Å². The number of likely N-dealkylation sites (tertiary alicyclic amines) is 2. The van der Waals surface area contributed by atoms with Crippen LogP contribution in [0.1, 0.15) is 47.4 Å². The van der Waals surface area contributed by atoms with E-state index in [1.165, 1.54) is 11.1 Å². The zero-order valence-corrected chi connectivity index (χ0v) is 26.5. The molecule has 3 N–H and O–H groups in total. The second-order valence-corrected chi connectivity index (χ2v) is 13.0. The summed E-state index contributed by atoms with van der Waals surface area (Å²) in [5, 5.41) is 32.5. The number of benzene rings is 4. The van der Waals surface area contributed by atoms with Gasteiger partial charge in [-0.05, 0) is 53.1 Å². The molecule has 6 nitrogen and oxygen atoms in total. The van der Waals surface area contributed by atoms with Gasteiger partial charge in [0.15, 0.2) is 0 Å². The van der Waals surface area contributed by atoms with Crippen molar-refractivity contribution in [3.05, 3.63) is 143 Å². The van der Waals surface area contributed by atoms with Gasteiger partial charge < -0.3 is 15.3 Å². The summed E-state index contributed by atoms with van der Waals surface area (Å²) in [6, 6.07) is 35.9. The Kier molecular flexibility index (Phi) is 9.86. The molecule has 0 spiro atoms. The molecule has 6 heteroatoms. The second kappa shape index (κ2) is 14.4. The van der Waals surface area contributed by atoms with Crippen molar-refractivity contribution in [3.8, 4) is 11.5 Å². The van der Waals surface area contributed by atoms with Crippen LogP contribution in [0.5, 0.6) is 11.5 Å². The SMILES string of the molecule is CC=C(C1CN(Cc2ccccc2)CC1c1ccccc1O)C(CC(=O)O)C1CN(Cc2ccccc2)CC1c1ccccc1O. The summed E-state index contributed by atoms with van der Waals surface area (Å²) in [6.45, 7) is 6.59. The highest BCUT2D eigenvalue weighted by molar-refractivity contribution is 5.68. The number of hydrogen-bond donors (Lipinski definition) is 3. The molecule has 238 valence electrons. The van der Waals surface area contributed by atoms with E-state index in [2.05, 4.69) is 64.4 Å². The summed E-state index contributed by atoms with van der Waals surface area (Å²) in [6.07, 6.45) is 2.16. The van der Waals surface area contributed by atoms with Crippen molar-refractivity contribution < 1.29 is 20.1 Å². The van der Waals surface area contributed by atoms with Crippen molar-refractivity contribution >= 4 is 5.97 Å². The molecule has 5 unspecified atom stereocenters. The first-order chi connectivity index (χ1) is 22.4. The number of hydrogen-bond acceptors (Lipinski definition) is 5. The van der Waals surface area contributed by atoms with Crippen LogP contribution in [0.4, 0.5) is 0 Å². The number of para-hydroxylation sites is 2. The molecule has 0 aliphatic carbocycles. The summed E-state index contributed by atoms with van der Waals surface area (Å²) in [7, 11) is 0. The molecule has 4 aromatic carbocycles. The van der Waals surface area contributed by atoms with Crippen LogP contribution in [0.25, 0.3) is 0 Å². The summed E-state index contributed by atoms with van der Waals surface area (Å²) >= 11 is 0. The number of aromatic hydroxyl groups is 2. The maximum Gasteiger partial charge on any atom is 0.303 e. The van der Waals surface area contributed by atoms with Crippen LogP contribution >= 0.6 is 0 Å². The molecule has 5 atom stereocenters. The van der Waals surface area contributed by atoms with Crippen molar-refractivity contribution in [2.24, 2.45) is 17.8 Å². The third-order valence-corrected chi connectivity index (χ3v) is 10.1. The molecule has 4 aromatic rings. The van der Waals surface area contributed by atoms with Gasteiger partial charge >= 0.3 is 5.97 Å². The van der Waals surface area contributed by atoms with E-state index in [0.717, 1.165) is 56.0 Å². The third kappa shape index (κ3) is 7.04. The normalized spacial score (nSPS) is 23.0. The fraction of sp³-hybridized carbons (Fsp3) is 0.325. The summed E-state index contributed by atoms with van der Waals surface area (Å²) in [5.41, 5.74) is 5.37. The maximum atomic E-state index is 12.7. The lowest BCUT2D eigenvalue weighted by molar-refractivity contribution is -0.138. The molecule has 0 amide bonds. The number of nitrogens with zero attached hydrogens (tertiary/aromatic N) is 2. The molecular weight excluding hydrogens is 572 g/mol.